The molecule has 1 atom stereocenters. The first-order valence-corrected chi connectivity index (χ1v) is 11.7. The molecule has 176 valence electrons. The summed E-state index contributed by atoms with van der Waals surface area (Å²) in [6.07, 6.45) is 2.56. The Kier molecular flexibility index (Phi) is 7.65. The molecule has 1 aliphatic rings. The van der Waals surface area contributed by atoms with Gasteiger partial charge in [0, 0.05) is 13.0 Å². The maximum atomic E-state index is 11.3. The van der Waals surface area contributed by atoms with Crippen LogP contribution in [0.15, 0.2) is 72.8 Å². The van der Waals surface area contributed by atoms with Crippen LogP contribution in [-0.4, -0.2) is 37.0 Å². The van der Waals surface area contributed by atoms with Crippen molar-refractivity contribution in [3.8, 4) is 22.6 Å². The van der Waals surface area contributed by atoms with Crippen LogP contribution in [0, 0.1) is 0 Å². The van der Waals surface area contributed by atoms with E-state index in [1.54, 1.807) is 6.92 Å². The SMILES string of the molecule is CCCOc1ccc2c(c1)/C(=C/COc1ccc(CC(OCC)C(=O)O)cc1)c1ccccc1-2. The summed E-state index contributed by atoms with van der Waals surface area (Å²) in [6.45, 7) is 5.37. The van der Waals surface area contributed by atoms with Gasteiger partial charge in [0.25, 0.3) is 0 Å². The highest BCUT2D eigenvalue weighted by atomic mass is 16.5. The number of hydrogen-bond acceptors (Lipinski definition) is 4. The number of aliphatic carboxylic acids is 1. The fourth-order valence-corrected chi connectivity index (χ4v) is 4.18. The molecule has 3 aromatic rings. The zero-order valence-electron chi connectivity index (χ0n) is 19.6. The average Bonchev–Trinajstić information content (AvgIpc) is 3.16. The van der Waals surface area contributed by atoms with Crippen molar-refractivity contribution in [2.75, 3.05) is 19.8 Å². The minimum absolute atomic E-state index is 0.323. The molecular formula is C29H30O5. The fraction of sp³-hybridized carbons (Fsp3) is 0.276. The van der Waals surface area contributed by atoms with Crippen LogP contribution in [0.5, 0.6) is 11.5 Å². The second kappa shape index (κ2) is 11.0. The Hall–Kier alpha value is -3.57. The van der Waals surface area contributed by atoms with E-state index < -0.39 is 12.1 Å². The lowest BCUT2D eigenvalue weighted by atomic mass is 10.0. The molecule has 5 nitrogen and oxygen atoms in total. The molecule has 0 radical (unpaired) electrons. The molecule has 1 unspecified atom stereocenters. The lowest BCUT2D eigenvalue weighted by Gasteiger charge is -2.13. The summed E-state index contributed by atoms with van der Waals surface area (Å²) in [7, 11) is 0. The number of rotatable bonds is 11. The number of ether oxygens (including phenoxy) is 3. The molecule has 1 N–H and O–H groups in total. The van der Waals surface area contributed by atoms with Crippen LogP contribution in [0.4, 0.5) is 0 Å². The van der Waals surface area contributed by atoms with E-state index in [9.17, 15) is 9.90 Å². The molecule has 4 rings (SSSR count). The molecule has 0 fully saturated rings. The Balaban J connectivity index is 1.48. The predicted molar refractivity (Wildman–Crippen MR) is 133 cm³/mol. The van der Waals surface area contributed by atoms with Crippen LogP contribution in [0.25, 0.3) is 16.7 Å². The maximum absolute atomic E-state index is 11.3. The van der Waals surface area contributed by atoms with Gasteiger partial charge in [0.1, 0.15) is 18.1 Å². The van der Waals surface area contributed by atoms with Gasteiger partial charge in [-0.05, 0) is 77.1 Å². The van der Waals surface area contributed by atoms with E-state index in [1.807, 2.05) is 30.3 Å². The van der Waals surface area contributed by atoms with Gasteiger partial charge in [0.2, 0.25) is 0 Å². The summed E-state index contributed by atoms with van der Waals surface area (Å²) >= 11 is 0. The van der Waals surface area contributed by atoms with Crippen LogP contribution in [0.3, 0.4) is 0 Å². The molecular weight excluding hydrogens is 428 g/mol. The summed E-state index contributed by atoms with van der Waals surface area (Å²) in [6, 6.07) is 22.2. The summed E-state index contributed by atoms with van der Waals surface area (Å²) in [5.74, 6) is 0.659. The predicted octanol–water partition coefficient (Wildman–Crippen LogP) is 6.00. The zero-order chi connectivity index (χ0) is 23.9. The first kappa shape index (κ1) is 23.6. The molecule has 1 aliphatic carbocycles. The summed E-state index contributed by atoms with van der Waals surface area (Å²) < 4.78 is 17.2. The molecule has 0 amide bonds. The van der Waals surface area contributed by atoms with Gasteiger partial charge < -0.3 is 19.3 Å². The monoisotopic (exact) mass is 458 g/mol. The van der Waals surface area contributed by atoms with Crippen molar-refractivity contribution in [3.05, 3.63) is 89.5 Å². The van der Waals surface area contributed by atoms with E-state index in [1.165, 1.54) is 16.7 Å². The summed E-state index contributed by atoms with van der Waals surface area (Å²) in [5.41, 5.74) is 6.81. The Labute approximate surface area is 200 Å². The second-order valence-electron chi connectivity index (χ2n) is 8.16. The number of carbonyl (C=O) groups is 1. The van der Waals surface area contributed by atoms with Crippen LogP contribution < -0.4 is 9.47 Å². The van der Waals surface area contributed by atoms with Gasteiger partial charge >= 0.3 is 5.97 Å². The normalized spacial score (nSPS) is 13.9. The lowest BCUT2D eigenvalue weighted by Crippen LogP contribution is -2.26. The zero-order valence-corrected chi connectivity index (χ0v) is 19.6. The van der Waals surface area contributed by atoms with Crippen molar-refractivity contribution in [3.63, 3.8) is 0 Å². The van der Waals surface area contributed by atoms with Crippen molar-refractivity contribution in [1.29, 1.82) is 0 Å². The highest BCUT2D eigenvalue weighted by Crippen LogP contribution is 2.45. The Morgan fingerprint density at radius 1 is 0.882 bits per heavy atom. The third kappa shape index (κ3) is 5.32. The van der Waals surface area contributed by atoms with Crippen molar-refractivity contribution in [2.24, 2.45) is 0 Å². The van der Waals surface area contributed by atoms with Crippen LogP contribution in [0.2, 0.25) is 0 Å². The van der Waals surface area contributed by atoms with Crippen LogP contribution >= 0.6 is 0 Å². The Bertz CT molecular complexity index is 1160. The van der Waals surface area contributed by atoms with Gasteiger partial charge in [-0.2, -0.15) is 0 Å². The van der Waals surface area contributed by atoms with Gasteiger partial charge in [0.05, 0.1) is 6.61 Å². The minimum Gasteiger partial charge on any atom is -0.494 e. The van der Waals surface area contributed by atoms with Gasteiger partial charge in [-0.25, -0.2) is 4.79 Å². The molecule has 5 heteroatoms. The van der Waals surface area contributed by atoms with Gasteiger partial charge in [-0.15, -0.1) is 0 Å². The van der Waals surface area contributed by atoms with Gasteiger partial charge in [0.15, 0.2) is 6.10 Å². The highest BCUT2D eigenvalue weighted by Gasteiger charge is 2.23. The topological polar surface area (TPSA) is 65.0 Å². The van der Waals surface area contributed by atoms with E-state index in [-0.39, 0.29) is 0 Å². The average molecular weight is 459 g/mol. The number of carboxylic acids is 1. The highest BCUT2D eigenvalue weighted by molar-refractivity contribution is 6.01. The Morgan fingerprint density at radius 2 is 1.59 bits per heavy atom. The molecule has 0 spiro atoms. The number of hydrogen-bond donors (Lipinski definition) is 1. The fourth-order valence-electron chi connectivity index (χ4n) is 4.18. The maximum Gasteiger partial charge on any atom is 0.333 e. The lowest BCUT2D eigenvalue weighted by molar-refractivity contribution is -0.149. The molecule has 0 aliphatic heterocycles. The first-order chi connectivity index (χ1) is 16.6. The van der Waals surface area contributed by atoms with E-state index in [2.05, 4.69) is 49.4 Å². The van der Waals surface area contributed by atoms with Gasteiger partial charge in [-0.1, -0.05) is 49.4 Å². The number of fused-ring (bicyclic) bond motifs is 3. The van der Waals surface area contributed by atoms with Crippen molar-refractivity contribution in [1.82, 2.24) is 0 Å². The van der Waals surface area contributed by atoms with E-state index in [0.29, 0.717) is 26.2 Å². The third-order valence-corrected chi connectivity index (χ3v) is 5.79. The molecule has 0 aromatic heterocycles. The quantitative estimate of drug-likeness (QED) is 0.299. The Morgan fingerprint density at radius 3 is 2.29 bits per heavy atom. The molecule has 0 heterocycles. The van der Waals surface area contributed by atoms with Crippen molar-refractivity contribution < 1.29 is 24.1 Å². The number of carboxylic acid groups (broad SMARTS) is 1. The third-order valence-electron chi connectivity index (χ3n) is 5.79. The summed E-state index contributed by atoms with van der Waals surface area (Å²) in [4.78, 5) is 11.3. The molecule has 0 saturated heterocycles. The van der Waals surface area contributed by atoms with Crippen molar-refractivity contribution >= 4 is 11.5 Å². The van der Waals surface area contributed by atoms with E-state index >= 15 is 0 Å². The number of benzene rings is 3. The standard InChI is InChI=1S/C29H30O5/c1-3-16-33-22-13-14-25-23-7-5-6-8-24(23)26(27(25)19-22)15-17-34-21-11-9-20(10-12-21)18-28(29(30)31)32-4-2/h5-15,19,28H,3-4,16-18H2,1-2H3,(H,30,31)/b26-15+. The second-order valence-corrected chi connectivity index (χ2v) is 8.16. The van der Waals surface area contributed by atoms with Crippen molar-refractivity contribution in [2.45, 2.75) is 32.8 Å². The largest absolute Gasteiger partial charge is 0.494 e. The van der Waals surface area contributed by atoms with E-state index in [0.717, 1.165) is 34.6 Å². The van der Waals surface area contributed by atoms with Crippen LogP contribution in [-0.2, 0) is 16.0 Å². The smallest absolute Gasteiger partial charge is 0.333 e. The summed E-state index contributed by atoms with van der Waals surface area (Å²) in [5, 5.41) is 9.28. The molecule has 0 saturated carbocycles. The first-order valence-electron chi connectivity index (χ1n) is 11.7. The molecule has 0 bridgehead atoms. The minimum atomic E-state index is -0.950. The van der Waals surface area contributed by atoms with Crippen LogP contribution in [0.1, 0.15) is 37.0 Å². The molecule has 3 aromatic carbocycles. The molecule has 34 heavy (non-hydrogen) atoms. The van der Waals surface area contributed by atoms with E-state index in [4.69, 9.17) is 14.2 Å². The van der Waals surface area contributed by atoms with Gasteiger partial charge in [-0.3, -0.25) is 0 Å².